The van der Waals surface area contributed by atoms with E-state index in [4.69, 9.17) is 9.05 Å². The number of rotatable bonds is 9. The van der Waals surface area contributed by atoms with Crippen molar-refractivity contribution < 1.29 is 13.6 Å². The minimum Gasteiger partial charge on any atom is -0.309 e. The molecule has 0 heterocycles. The second kappa shape index (κ2) is 7.86. The lowest BCUT2D eigenvalue weighted by atomic mass is 10.2. The van der Waals surface area contributed by atoms with E-state index in [9.17, 15) is 4.57 Å². The SMILES string of the molecule is C=CCP(=O)(OCC)OC(C=C)CCC. The standard InChI is InChI=1S/C11H21O3P/c1-5-9-11(7-3)14-15(12,10-6-2)13-8-4/h6-7,11H,2-3,5,8-10H2,1,4H3. The highest BCUT2D eigenvalue weighted by molar-refractivity contribution is 7.54. The van der Waals surface area contributed by atoms with Crippen LogP contribution in [0.25, 0.3) is 0 Å². The van der Waals surface area contributed by atoms with Crippen molar-refractivity contribution in [1.82, 2.24) is 0 Å². The summed E-state index contributed by atoms with van der Waals surface area (Å²) in [6.45, 7) is 11.4. The molecule has 88 valence electrons. The van der Waals surface area contributed by atoms with Crippen LogP contribution >= 0.6 is 7.60 Å². The van der Waals surface area contributed by atoms with Crippen LogP contribution in [0.2, 0.25) is 0 Å². The van der Waals surface area contributed by atoms with Crippen LogP contribution in [0, 0.1) is 0 Å². The van der Waals surface area contributed by atoms with E-state index in [1.807, 2.05) is 6.92 Å². The molecule has 0 rings (SSSR count). The van der Waals surface area contributed by atoms with Gasteiger partial charge in [-0.25, -0.2) is 0 Å². The van der Waals surface area contributed by atoms with E-state index >= 15 is 0 Å². The minimum atomic E-state index is -3.01. The third-order valence-electron chi connectivity index (χ3n) is 1.81. The highest BCUT2D eigenvalue weighted by Crippen LogP contribution is 2.49. The van der Waals surface area contributed by atoms with Crippen molar-refractivity contribution in [3.05, 3.63) is 25.3 Å². The van der Waals surface area contributed by atoms with Gasteiger partial charge in [-0.1, -0.05) is 25.5 Å². The van der Waals surface area contributed by atoms with Gasteiger partial charge < -0.3 is 9.05 Å². The summed E-state index contributed by atoms with van der Waals surface area (Å²) in [5.74, 6) is 0. The Kier molecular flexibility index (Phi) is 7.67. The van der Waals surface area contributed by atoms with Crippen LogP contribution in [0.3, 0.4) is 0 Å². The molecule has 2 atom stereocenters. The summed E-state index contributed by atoms with van der Waals surface area (Å²) in [5.41, 5.74) is 0. The molecule has 3 nitrogen and oxygen atoms in total. The average molecular weight is 232 g/mol. The summed E-state index contributed by atoms with van der Waals surface area (Å²) < 4.78 is 22.7. The first-order chi connectivity index (χ1) is 7.11. The summed E-state index contributed by atoms with van der Waals surface area (Å²) in [5, 5.41) is 0. The molecule has 0 bridgehead atoms. The lowest BCUT2D eigenvalue weighted by Gasteiger charge is -2.21. The molecule has 0 N–H and O–H groups in total. The Labute approximate surface area is 92.7 Å². The Morgan fingerprint density at radius 3 is 2.47 bits per heavy atom. The first-order valence-corrected chi connectivity index (χ1v) is 7.00. The maximum absolute atomic E-state index is 12.1. The van der Waals surface area contributed by atoms with E-state index in [1.54, 1.807) is 19.1 Å². The first kappa shape index (κ1) is 14.6. The van der Waals surface area contributed by atoms with Gasteiger partial charge in [0, 0.05) is 0 Å². The van der Waals surface area contributed by atoms with Crippen LogP contribution < -0.4 is 0 Å². The fraction of sp³-hybridized carbons (Fsp3) is 0.636. The molecule has 15 heavy (non-hydrogen) atoms. The van der Waals surface area contributed by atoms with Gasteiger partial charge in [0.1, 0.15) is 0 Å². The van der Waals surface area contributed by atoms with Gasteiger partial charge in [-0.15, -0.1) is 13.2 Å². The monoisotopic (exact) mass is 232 g/mol. The fourth-order valence-corrected chi connectivity index (χ4v) is 2.75. The van der Waals surface area contributed by atoms with Crippen molar-refractivity contribution in [3.63, 3.8) is 0 Å². The van der Waals surface area contributed by atoms with Crippen molar-refractivity contribution in [3.8, 4) is 0 Å². The van der Waals surface area contributed by atoms with Crippen molar-refractivity contribution in [2.24, 2.45) is 0 Å². The van der Waals surface area contributed by atoms with Crippen molar-refractivity contribution in [1.29, 1.82) is 0 Å². The lowest BCUT2D eigenvalue weighted by molar-refractivity contribution is 0.173. The molecular formula is C11H21O3P. The fourth-order valence-electron chi connectivity index (χ4n) is 1.19. The van der Waals surface area contributed by atoms with Gasteiger partial charge in [0.2, 0.25) is 0 Å². The van der Waals surface area contributed by atoms with E-state index < -0.39 is 7.60 Å². The maximum Gasteiger partial charge on any atom is 0.334 e. The van der Waals surface area contributed by atoms with E-state index in [2.05, 4.69) is 13.2 Å². The van der Waals surface area contributed by atoms with Crippen molar-refractivity contribution in [2.75, 3.05) is 12.8 Å². The van der Waals surface area contributed by atoms with Gasteiger partial charge in [-0.05, 0) is 13.3 Å². The quantitative estimate of drug-likeness (QED) is 0.448. The van der Waals surface area contributed by atoms with Crippen molar-refractivity contribution >= 4 is 7.60 Å². The smallest absolute Gasteiger partial charge is 0.309 e. The van der Waals surface area contributed by atoms with Gasteiger partial charge in [0.05, 0.1) is 18.9 Å². The van der Waals surface area contributed by atoms with Crippen LogP contribution in [-0.2, 0) is 13.6 Å². The van der Waals surface area contributed by atoms with Crippen molar-refractivity contribution in [2.45, 2.75) is 32.8 Å². The van der Waals surface area contributed by atoms with E-state index in [0.29, 0.717) is 6.61 Å². The largest absolute Gasteiger partial charge is 0.334 e. The first-order valence-electron chi connectivity index (χ1n) is 5.27. The van der Waals surface area contributed by atoms with Crippen LogP contribution in [0.5, 0.6) is 0 Å². The molecular weight excluding hydrogens is 211 g/mol. The third-order valence-corrected chi connectivity index (χ3v) is 3.76. The molecule has 0 radical (unpaired) electrons. The van der Waals surface area contributed by atoms with Gasteiger partial charge in [-0.2, -0.15) is 0 Å². The van der Waals surface area contributed by atoms with E-state index in [1.165, 1.54) is 0 Å². The number of hydrogen-bond acceptors (Lipinski definition) is 3. The van der Waals surface area contributed by atoms with Gasteiger partial charge >= 0.3 is 7.60 Å². The maximum atomic E-state index is 12.1. The topological polar surface area (TPSA) is 35.5 Å². The predicted octanol–water partition coefficient (Wildman–Crippen LogP) is 3.77. The number of hydrogen-bond donors (Lipinski definition) is 0. The Morgan fingerprint density at radius 2 is 2.07 bits per heavy atom. The molecule has 0 saturated heterocycles. The lowest BCUT2D eigenvalue weighted by Crippen LogP contribution is -2.10. The second-order valence-corrected chi connectivity index (χ2v) is 5.22. The molecule has 0 amide bonds. The zero-order valence-corrected chi connectivity index (χ0v) is 10.5. The molecule has 0 saturated carbocycles. The molecule has 0 aromatic carbocycles. The highest BCUT2D eigenvalue weighted by Gasteiger charge is 2.25. The Balaban J connectivity index is 4.42. The van der Waals surface area contributed by atoms with Crippen LogP contribution in [0.4, 0.5) is 0 Å². The van der Waals surface area contributed by atoms with Crippen LogP contribution in [0.15, 0.2) is 25.3 Å². The molecule has 0 aromatic rings. The number of allylic oxidation sites excluding steroid dienone is 1. The summed E-state index contributed by atoms with van der Waals surface area (Å²) in [6, 6.07) is 0. The summed E-state index contributed by atoms with van der Waals surface area (Å²) in [6.07, 6.45) is 5.02. The molecule has 0 aliphatic carbocycles. The zero-order valence-electron chi connectivity index (χ0n) is 9.65. The molecule has 4 heteroatoms. The zero-order chi connectivity index (χ0) is 11.7. The normalized spacial score (nSPS) is 16.7. The molecule has 0 spiro atoms. The van der Waals surface area contributed by atoms with Gasteiger partial charge in [-0.3, -0.25) is 4.57 Å². The van der Waals surface area contributed by atoms with Gasteiger partial charge in [0.25, 0.3) is 0 Å². The van der Waals surface area contributed by atoms with E-state index in [-0.39, 0.29) is 12.3 Å². The molecule has 0 aromatic heterocycles. The minimum absolute atomic E-state index is 0.202. The molecule has 0 aliphatic heterocycles. The molecule has 2 unspecified atom stereocenters. The molecule has 0 aliphatic rings. The third kappa shape index (κ3) is 5.93. The summed E-state index contributed by atoms with van der Waals surface area (Å²) in [4.78, 5) is 0. The summed E-state index contributed by atoms with van der Waals surface area (Å²) >= 11 is 0. The van der Waals surface area contributed by atoms with Gasteiger partial charge in [0.15, 0.2) is 0 Å². The van der Waals surface area contributed by atoms with E-state index in [0.717, 1.165) is 12.8 Å². The Hall–Kier alpha value is -0.370. The Morgan fingerprint density at radius 1 is 1.40 bits per heavy atom. The molecule has 0 fully saturated rings. The second-order valence-electron chi connectivity index (χ2n) is 3.17. The predicted molar refractivity (Wildman–Crippen MR) is 64.3 cm³/mol. The summed E-state index contributed by atoms with van der Waals surface area (Å²) in [7, 11) is -3.01. The highest BCUT2D eigenvalue weighted by atomic mass is 31.2. The van der Waals surface area contributed by atoms with Crippen LogP contribution in [-0.4, -0.2) is 18.9 Å². The Bertz CT molecular complexity index is 238. The average Bonchev–Trinajstić information content (AvgIpc) is 2.17. The van der Waals surface area contributed by atoms with Crippen LogP contribution in [0.1, 0.15) is 26.7 Å².